The molecule has 1 aromatic rings. The first-order chi connectivity index (χ1) is 6.10. The topological polar surface area (TPSA) is 31.9 Å². The highest BCUT2D eigenvalue weighted by Gasteiger charge is 2.38. The molecule has 0 spiro atoms. The van der Waals surface area contributed by atoms with Gasteiger partial charge in [-0.15, -0.1) is 0 Å². The number of aromatic nitrogens is 2. The van der Waals surface area contributed by atoms with Gasteiger partial charge in [-0.25, -0.2) is 4.98 Å². The fraction of sp³-hybridized carbons (Fsp3) is 0.700. The van der Waals surface area contributed by atoms with Gasteiger partial charge >= 0.3 is 0 Å². The molecule has 0 radical (unpaired) electrons. The summed E-state index contributed by atoms with van der Waals surface area (Å²) in [5.74, 6) is 0.762. The molecule has 13 heavy (non-hydrogen) atoms. The monoisotopic (exact) mass is 179 g/mol. The number of imidazole rings is 1. The minimum absolute atomic E-state index is 0.239. The summed E-state index contributed by atoms with van der Waals surface area (Å²) < 4.78 is 0. The zero-order valence-electron chi connectivity index (χ0n) is 8.54. The molecule has 1 aromatic heterocycles. The molecule has 0 aliphatic carbocycles. The largest absolute Gasteiger partial charge is 0.348 e. The van der Waals surface area contributed by atoms with Gasteiger partial charge in [0.25, 0.3) is 0 Å². The first-order valence-corrected chi connectivity index (χ1v) is 4.78. The van der Waals surface area contributed by atoms with E-state index in [0.29, 0.717) is 0 Å². The lowest BCUT2D eigenvalue weighted by molar-refractivity contribution is 0.0748. The van der Waals surface area contributed by atoms with Crippen molar-refractivity contribution in [2.24, 2.45) is 5.92 Å². The van der Waals surface area contributed by atoms with E-state index < -0.39 is 0 Å². The number of hydrogen-bond donors (Lipinski definition) is 1. The average molecular weight is 179 g/mol. The summed E-state index contributed by atoms with van der Waals surface area (Å²) in [6, 6.07) is 0. The Morgan fingerprint density at radius 1 is 1.54 bits per heavy atom. The molecular formula is C10H17N3. The van der Waals surface area contributed by atoms with Gasteiger partial charge in [0.05, 0.1) is 6.33 Å². The highest BCUT2D eigenvalue weighted by molar-refractivity contribution is 5.14. The van der Waals surface area contributed by atoms with E-state index in [9.17, 15) is 0 Å². The van der Waals surface area contributed by atoms with Gasteiger partial charge < -0.3 is 9.88 Å². The molecule has 1 fully saturated rings. The number of likely N-dealkylation sites (tertiary alicyclic amines) is 1. The lowest BCUT2D eigenvalue weighted by Crippen LogP contribution is -2.52. The van der Waals surface area contributed by atoms with Crippen molar-refractivity contribution < 1.29 is 0 Å². The molecule has 2 rings (SSSR count). The Kier molecular flexibility index (Phi) is 1.91. The zero-order chi connectivity index (χ0) is 9.47. The van der Waals surface area contributed by atoms with Gasteiger partial charge in [0, 0.05) is 30.4 Å². The highest BCUT2D eigenvalue weighted by atomic mass is 15.2. The number of nitrogens with zero attached hydrogens (tertiary/aromatic N) is 2. The normalized spacial score (nSPS) is 20.2. The molecule has 1 N–H and O–H groups in total. The van der Waals surface area contributed by atoms with Crippen LogP contribution in [0.3, 0.4) is 0 Å². The Balaban J connectivity index is 2.12. The second-order valence-corrected chi connectivity index (χ2v) is 4.61. The van der Waals surface area contributed by atoms with Crippen LogP contribution in [0.1, 0.15) is 19.5 Å². The number of aromatic amines is 1. The Hall–Kier alpha value is -0.830. The van der Waals surface area contributed by atoms with Gasteiger partial charge in [-0.2, -0.15) is 0 Å². The van der Waals surface area contributed by atoms with Crippen LogP contribution in [-0.2, 0) is 5.41 Å². The van der Waals surface area contributed by atoms with Gasteiger partial charge in [-0.05, 0) is 13.0 Å². The Bertz CT molecular complexity index is 270. The van der Waals surface area contributed by atoms with Crippen LogP contribution in [0.5, 0.6) is 0 Å². The van der Waals surface area contributed by atoms with E-state index in [1.54, 1.807) is 6.33 Å². The molecule has 0 unspecified atom stereocenters. The quantitative estimate of drug-likeness (QED) is 0.741. The van der Waals surface area contributed by atoms with Crippen molar-refractivity contribution in [3.63, 3.8) is 0 Å². The van der Waals surface area contributed by atoms with Crippen LogP contribution in [0.4, 0.5) is 0 Å². The predicted octanol–water partition coefficient (Wildman–Crippen LogP) is 1.25. The fourth-order valence-electron chi connectivity index (χ4n) is 1.98. The van der Waals surface area contributed by atoms with Gasteiger partial charge in [0.1, 0.15) is 0 Å². The molecule has 72 valence electrons. The van der Waals surface area contributed by atoms with Crippen LogP contribution in [-0.4, -0.2) is 35.0 Å². The van der Waals surface area contributed by atoms with Crippen molar-refractivity contribution in [1.82, 2.24) is 14.9 Å². The van der Waals surface area contributed by atoms with E-state index in [1.807, 2.05) is 6.20 Å². The number of hydrogen-bond acceptors (Lipinski definition) is 2. The molecule has 0 bridgehead atoms. The van der Waals surface area contributed by atoms with E-state index in [0.717, 1.165) is 5.92 Å². The van der Waals surface area contributed by atoms with Crippen molar-refractivity contribution in [3.05, 3.63) is 18.2 Å². The van der Waals surface area contributed by atoms with Crippen LogP contribution >= 0.6 is 0 Å². The summed E-state index contributed by atoms with van der Waals surface area (Å²) in [5.41, 5.74) is 1.49. The van der Waals surface area contributed by atoms with Crippen LogP contribution in [0.25, 0.3) is 0 Å². The third kappa shape index (κ3) is 1.37. The molecule has 0 amide bonds. The lowest BCUT2D eigenvalue weighted by Gasteiger charge is -2.45. The van der Waals surface area contributed by atoms with Crippen molar-refractivity contribution in [2.75, 3.05) is 20.1 Å². The standard InChI is InChI=1S/C10H17N3/c1-10(2,8-5-13(3)6-8)9-4-11-7-12-9/h4,7-8H,5-6H2,1-3H3,(H,11,12). The molecule has 0 aromatic carbocycles. The van der Waals surface area contributed by atoms with E-state index in [1.165, 1.54) is 18.8 Å². The summed E-state index contributed by atoms with van der Waals surface area (Å²) in [4.78, 5) is 9.64. The maximum absolute atomic E-state index is 4.08. The van der Waals surface area contributed by atoms with Crippen LogP contribution < -0.4 is 0 Å². The van der Waals surface area contributed by atoms with E-state index in [-0.39, 0.29) is 5.41 Å². The van der Waals surface area contributed by atoms with E-state index in [4.69, 9.17) is 0 Å². The summed E-state index contributed by atoms with van der Waals surface area (Å²) in [6.07, 6.45) is 3.71. The predicted molar refractivity (Wildman–Crippen MR) is 52.6 cm³/mol. The third-order valence-corrected chi connectivity index (χ3v) is 3.28. The first-order valence-electron chi connectivity index (χ1n) is 4.78. The Labute approximate surface area is 79.2 Å². The second kappa shape index (κ2) is 2.84. The molecule has 0 atom stereocenters. The summed E-state index contributed by atoms with van der Waals surface area (Å²) >= 11 is 0. The van der Waals surface area contributed by atoms with Gasteiger partial charge in [-0.3, -0.25) is 0 Å². The molecule has 3 heteroatoms. The van der Waals surface area contributed by atoms with Crippen molar-refractivity contribution in [3.8, 4) is 0 Å². The first kappa shape index (κ1) is 8.75. The van der Waals surface area contributed by atoms with Crippen LogP contribution in [0.15, 0.2) is 12.5 Å². The number of H-pyrrole nitrogens is 1. The molecule has 1 aliphatic heterocycles. The smallest absolute Gasteiger partial charge is 0.0921 e. The highest BCUT2D eigenvalue weighted by Crippen LogP contribution is 2.35. The molecular weight excluding hydrogens is 162 g/mol. The molecule has 1 saturated heterocycles. The van der Waals surface area contributed by atoms with Gasteiger partial charge in [0.2, 0.25) is 0 Å². The van der Waals surface area contributed by atoms with Crippen molar-refractivity contribution in [2.45, 2.75) is 19.3 Å². The maximum atomic E-state index is 4.08. The maximum Gasteiger partial charge on any atom is 0.0921 e. The average Bonchev–Trinajstić information content (AvgIpc) is 2.50. The Morgan fingerprint density at radius 3 is 2.69 bits per heavy atom. The minimum atomic E-state index is 0.239. The van der Waals surface area contributed by atoms with Crippen molar-refractivity contribution in [1.29, 1.82) is 0 Å². The van der Waals surface area contributed by atoms with Gasteiger partial charge in [0.15, 0.2) is 0 Å². The lowest BCUT2D eigenvalue weighted by atomic mass is 9.72. The SMILES string of the molecule is CN1CC(C(C)(C)c2cnc[nH]2)C1. The van der Waals surface area contributed by atoms with Crippen LogP contribution in [0.2, 0.25) is 0 Å². The van der Waals surface area contributed by atoms with Crippen LogP contribution in [0, 0.1) is 5.92 Å². The van der Waals surface area contributed by atoms with E-state index >= 15 is 0 Å². The molecule has 1 aliphatic rings. The van der Waals surface area contributed by atoms with Crippen molar-refractivity contribution >= 4 is 0 Å². The molecule has 0 saturated carbocycles. The minimum Gasteiger partial charge on any atom is -0.348 e. The summed E-state index contributed by atoms with van der Waals surface area (Å²) in [7, 11) is 2.17. The van der Waals surface area contributed by atoms with E-state index in [2.05, 4.69) is 35.8 Å². The third-order valence-electron chi connectivity index (χ3n) is 3.28. The second-order valence-electron chi connectivity index (χ2n) is 4.61. The molecule has 3 nitrogen and oxygen atoms in total. The number of nitrogens with one attached hydrogen (secondary N) is 1. The summed E-state index contributed by atoms with van der Waals surface area (Å²) in [5, 5.41) is 0. The van der Waals surface area contributed by atoms with Gasteiger partial charge in [-0.1, -0.05) is 13.8 Å². The zero-order valence-corrected chi connectivity index (χ0v) is 8.54. The molecule has 2 heterocycles. The number of rotatable bonds is 2. The summed E-state index contributed by atoms with van der Waals surface area (Å²) in [6.45, 7) is 6.98. The Morgan fingerprint density at radius 2 is 2.23 bits per heavy atom. The fourth-order valence-corrected chi connectivity index (χ4v) is 1.98.